The minimum absolute atomic E-state index is 0.644. The molecule has 0 aliphatic heterocycles. The first-order valence-corrected chi connectivity index (χ1v) is 6.10. The predicted molar refractivity (Wildman–Crippen MR) is 41.3 cm³/mol. The van der Waals surface area contributed by atoms with Gasteiger partial charge < -0.3 is 19.6 Å². The molecule has 4 N–H and O–H groups in total. The predicted octanol–water partition coefficient (Wildman–Crippen LogP) is -0.309. The average Bonchev–Trinajstić information content (AvgIpc) is 1.77. The van der Waals surface area contributed by atoms with Crippen molar-refractivity contribution in [2.45, 2.75) is 11.8 Å². The van der Waals surface area contributed by atoms with E-state index in [9.17, 15) is 9.13 Å². The molecule has 0 bridgehead atoms. The van der Waals surface area contributed by atoms with Crippen molar-refractivity contribution in [2.24, 2.45) is 0 Å². The van der Waals surface area contributed by atoms with E-state index in [0.29, 0.717) is 0 Å². The van der Waals surface area contributed by atoms with Crippen molar-refractivity contribution in [3.8, 4) is 12.3 Å². The second-order valence-electron chi connectivity index (χ2n) is 2.07. The molecule has 0 radical (unpaired) electrons. The van der Waals surface area contributed by atoms with E-state index >= 15 is 0 Å². The molecule has 0 saturated carbocycles. The van der Waals surface area contributed by atoms with Crippen LogP contribution in [0.1, 0.15) is 6.42 Å². The van der Waals surface area contributed by atoms with Crippen LogP contribution in [0, 0.1) is 12.3 Å². The summed E-state index contributed by atoms with van der Waals surface area (Å²) >= 11 is 0. The van der Waals surface area contributed by atoms with Crippen LogP contribution < -0.4 is 0 Å². The van der Waals surface area contributed by atoms with Gasteiger partial charge in [0.1, 0.15) is 0 Å². The molecule has 0 rings (SSSR count). The topological polar surface area (TPSA) is 115 Å². The van der Waals surface area contributed by atoms with Gasteiger partial charge in [-0.2, -0.15) is 0 Å². The lowest BCUT2D eigenvalue weighted by Crippen LogP contribution is -2.07. The second-order valence-corrected chi connectivity index (χ2v) is 6.08. The van der Waals surface area contributed by atoms with Crippen LogP contribution in [-0.4, -0.2) is 25.0 Å². The maximum Gasteiger partial charge on any atom is 0.341 e. The molecule has 0 saturated heterocycles. The van der Waals surface area contributed by atoms with Gasteiger partial charge in [0.05, 0.1) is 0 Å². The van der Waals surface area contributed by atoms with Gasteiger partial charge in [-0.15, -0.1) is 12.3 Å². The summed E-state index contributed by atoms with van der Waals surface area (Å²) in [6, 6.07) is 0. The summed E-state index contributed by atoms with van der Waals surface area (Å²) in [5.41, 5.74) is 0. The van der Waals surface area contributed by atoms with Gasteiger partial charge in [-0.1, -0.05) is 0 Å². The summed E-state index contributed by atoms with van der Waals surface area (Å²) in [5, 5.41) is -2.07. The lowest BCUT2D eigenvalue weighted by atomic mass is 10.5. The van der Waals surface area contributed by atoms with Crippen molar-refractivity contribution < 1.29 is 28.7 Å². The van der Waals surface area contributed by atoms with Crippen LogP contribution >= 0.6 is 15.2 Å². The van der Waals surface area contributed by atoms with E-state index in [-0.39, 0.29) is 0 Å². The zero-order valence-electron chi connectivity index (χ0n) is 5.86. The summed E-state index contributed by atoms with van der Waals surface area (Å²) in [6.45, 7) is 0. The third-order valence-corrected chi connectivity index (χ3v) is 4.80. The minimum atomic E-state index is -4.82. The van der Waals surface area contributed by atoms with Crippen LogP contribution in [0.5, 0.6) is 0 Å². The highest BCUT2D eigenvalue weighted by molar-refractivity contribution is 7.70. The normalized spacial score (nSPS) is 13.0. The molecular weight excluding hydrogens is 206 g/mol. The fourth-order valence-electron chi connectivity index (χ4n) is 0.539. The van der Waals surface area contributed by atoms with Crippen LogP contribution in [0.3, 0.4) is 0 Å². The molecule has 0 fully saturated rings. The third kappa shape index (κ3) is 3.51. The first-order valence-electron chi connectivity index (χ1n) is 2.73. The smallest absolute Gasteiger partial charge is 0.324 e. The summed E-state index contributed by atoms with van der Waals surface area (Å²) in [4.78, 5) is 33.9. The van der Waals surface area contributed by atoms with Crippen molar-refractivity contribution in [2.75, 3.05) is 0 Å². The van der Waals surface area contributed by atoms with Gasteiger partial charge in [-0.3, -0.25) is 9.13 Å². The van der Waals surface area contributed by atoms with Crippen molar-refractivity contribution in [1.29, 1.82) is 0 Å². The Morgan fingerprint density at radius 2 is 1.50 bits per heavy atom. The van der Waals surface area contributed by atoms with Crippen LogP contribution in [0.4, 0.5) is 0 Å². The number of terminal acetylenes is 1. The molecule has 0 spiro atoms. The van der Waals surface area contributed by atoms with Gasteiger partial charge in [-0.05, 0) is 0 Å². The first-order chi connectivity index (χ1) is 5.19. The SMILES string of the molecule is C#CCC(P(=O)(O)O)P(=O)(O)O. The molecule has 8 heteroatoms. The Kier molecular flexibility index (Phi) is 3.67. The van der Waals surface area contributed by atoms with Crippen molar-refractivity contribution in [3.05, 3.63) is 0 Å². The van der Waals surface area contributed by atoms with Crippen LogP contribution in [-0.2, 0) is 9.13 Å². The Balaban J connectivity index is 4.85. The molecule has 0 aromatic carbocycles. The Bertz CT molecular complexity index is 256. The summed E-state index contributed by atoms with van der Waals surface area (Å²) in [7, 11) is -9.64. The van der Waals surface area contributed by atoms with Gasteiger partial charge >= 0.3 is 15.2 Å². The fourth-order valence-corrected chi connectivity index (χ4v) is 2.79. The molecule has 6 nitrogen and oxygen atoms in total. The molecule has 0 heterocycles. The summed E-state index contributed by atoms with van der Waals surface area (Å²) < 4.78 is 20.9. The highest BCUT2D eigenvalue weighted by Gasteiger charge is 2.42. The largest absolute Gasteiger partial charge is 0.341 e. The first kappa shape index (κ1) is 11.9. The minimum Gasteiger partial charge on any atom is -0.324 e. The van der Waals surface area contributed by atoms with E-state index < -0.39 is 27.0 Å². The lowest BCUT2D eigenvalue weighted by Gasteiger charge is -2.16. The van der Waals surface area contributed by atoms with Gasteiger partial charge in [0.2, 0.25) is 0 Å². The molecule has 0 aliphatic carbocycles. The lowest BCUT2D eigenvalue weighted by molar-refractivity contribution is 0.339. The monoisotopic (exact) mass is 214 g/mol. The quantitative estimate of drug-likeness (QED) is 0.378. The fraction of sp³-hybridized carbons (Fsp3) is 0.500. The second kappa shape index (κ2) is 3.71. The van der Waals surface area contributed by atoms with Crippen molar-refractivity contribution >= 4 is 15.2 Å². The highest BCUT2D eigenvalue weighted by atomic mass is 31.2. The molecule has 0 amide bonds. The number of rotatable bonds is 3. The molecule has 0 aromatic rings. The standard InChI is InChI=1S/C4H8O6P2/c1-2-3-4(11(5,6)7)12(8,9)10/h1,4H,3H2,(H2,5,6,7)(H2,8,9,10). The van der Waals surface area contributed by atoms with Gasteiger partial charge in [-0.25, -0.2) is 0 Å². The van der Waals surface area contributed by atoms with Gasteiger partial charge in [0.25, 0.3) is 0 Å². The molecule has 0 aromatic heterocycles. The Morgan fingerprint density at radius 3 is 1.58 bits per heavy atom. The molecule has 0 unspecified atom stereocenters. The van der Waals surface area contributed by atoms with E-state index in [1.54, 1.807) is 5.92 Å². The summed E-state index contributed by atoms with van der Waals surface area (Å²) in [5.74, 6) is 1.80. The zero-order chi connectivity index (χ0) is 9.99. The molecule has 0 atom stereocenters. The Hall–Kier alpha value is -0.140. The molecule has 70 valence electrons. The highest BCUT2D eigenvalue weighted by Crippen LogP contribution is 2.61. The molecule has 0 aliphatic rings. The van der Waals surface area contributed by atoms with Gasteiger partial charge in [0.15, 0.2) is 5.40 Å². The maximum atomic E-state index is 10.5. The van der Waals surface area contributed by atoms with E-state index in [4.69, 9.17) is 19.6 Å². The third-order valence-electron chi connectivity index (χ3n) is 1.08. The van der Waals surface area contributed by atoms with Crippen LogP contribution in [0.2, 0.25) is 0 Å². The van der Waals surface area contributed by atoms with Crippen molar-refractivity contribution in [1.82, 2.24) is 0 Å². The molecule has 12 heavy (non-hydrogen) atoms. The Morgan fingerprint density at radius 1 is 1.17 bits per heavy atom. The average molecular weight is 214 g/mol. The van der Waals surface area contributed by atoms with E-state index in [2.05, 4.69) is 6.42 Å². The van der Waals surface area contributed by atoms with Crippen LogP contribution in [0.15, 0.2) is 0 Å². The van der Waals surface area contributed by atoms with Crippen molar-refractivity contribution in [3.63, 3.8) is 0 Å². The zero-order valence-corrected chi connectivity index (χ0v) is 7.65. The van der Waals surface area contributed by atoms with Crippen LogP contribution in [0.25, 0.3) is 0 Å². The van der Waals surface area contributed by atoms with E-state index in [0.717, 1.165) is 0 Å². The van der Waals surface area contributed by atoms with E-state index in [1.165, 1.54) is 0 Å². The summed E-state index contributed by atoms with van der Waals surface area (Å²) in [6.07, 6.45) is 4.04. The maximum absolute atomic E-state index is 10.5. The molecular formula is C4H8O6P2. The number of hydrogen-bond acceptors (Lipinski definition) is 2. The number of hydrogen-bond donors (Lipinski definition) is 4. The van der Waals surface area contributed by atoms with Gasteiger partial charge in [0, 0.05) is 6.42 Å². The Labute approximate surface area is 68.9 Å². The van der Waals surface area contributed by atoms with E-state index in [1.807, 2.05) is 0 Å².